The Kier molecular flexibility index (Phi) is 4.66. The van der Waals surface area contributed by atoms with Gasteiger partial charge in [-0.3, -0.25) is 4.79 Å². The van der Waals surface area contributed by atoms with Crippen molar-refractivity contribution in [2.45, 2.75) is 43.7 Å². The fourth-order valence-electron chi connectivity index (χ4n) is 3.93. The summed E-state index contributed by atoms with van der Waals surface area (Å²) in [5.41, 5.74) is -1.23. The van der Waals surface area contributed by atoms with Crippen LogP contribution in [0.4, 0.5) is 23.2 Å². The zero-order valence-electron chi connectivity index (χ0n) is 13.5. The van der Waals surface area contributed by atoms with Crippen LogP contribution in [0.2, 0.25) is 0 Å². The van der Waals surface area contributed by atoms with Crippen molar-refractivity contribution in [2.24, 2.45) is 0 Å². The molecule has 8 heteroatoms. The molecule has 1 aliphatic carbocycles. The lowest BCUT2D eigenvalue weighted by Gasteiger charge is -2.32. The van der Waals surface area contributed by atoms with Gasteiger partial charge in [0, 0.05) is 17.7 Å². The second-order valence-corrected chi connectivity index (χ2v) is 6.52. The maximum Gasteiger partial charge on any atom is 0.406 e. The molecular formula is C17H19F4NO3. The standard InChI is InChI=1S/C17H19F4NO3/c18-12-8-11(25-7-6-23)9-13-14(12)16(4-2-1-3-5-16)15(24)22(13)10-17(19,20)21/h8-9,23H,1-7,10H2. The number of aliphatic hydroxyl groups is 1. The molecule has 3 rings (SSSR count). The molecule has 1 amide bonds. The first-order valence-corrected chi connectivity index (χ1v) is 8.25. The first-order valence-electron chi connectivity index (χ1n) is 8.25. The lowest BCUT2D eigenvalue weighted by molar-refractivity contribution is -0.135. The first kappa shape index (κ1) is 18.0. The number of aliphatic hydroxyl groups excluding tert-OH is 1. The van der Waals surface area contributed by atoms with Crippen LogP contribution < -0.4 is 9.64 Å². The summed E-state index contributed by atoms with van der Waals surface area (Å²) in [5, 5.41) is 8.80. The summed E-state index contributed by atoms with van der Waals surface area (Å²) in [6.07, 6.45) is -1.67. The Morgan fingerprint density at radius 1 is 1.20 bits per heavy atom. The second-order valence-electron chi connectivity index (χ2n) is 6.52. The van der Waals surface area contributed by atoms with Gasteiger partial charge in [0.25, 0.3) is 0 Å². The van der Waals surface area contributed by atoms with Crippen molar-refractivity contribution in [3.63, 3.8) is 0 Å². The molecule has 1 saturated carbocycles. The van der Waals surface area contributed by atoms with Crippen molar-refractivity contribution in [1.29, 1.82) is 0 Å². The number of amides is 1. The predicted molar refractivity (Wildman–Crippen MR) is 82.2 cm³/mol. The third kappa shape index (κ3) is 3.19. The molecule has 1 N–H and O–H groups in total. The fourth-order valence-corrected chi connectivity index (χ4v) is 3.93. The summed E-state index contributed by atoms with van der Waals surface area (Å²) < 4.78 is 58.9. The number of hydrogen-bond donors (Lipinski definition) is 1. The summed E-state index contributed by atoms with van der Waals surface area (Å²) in [6.45, 7) is -1.88. The highest BCUT2D eigenvalue weighted by atomic mass is 19.4. The summed E-state index contributed by atoms with van der Waals surface area (Å²) in [4.78, 5) is 13.5. The third-order valence-electron chi connectivity index (χ3n) is 4.87. The molecule has 4 nitrogen and oxygen atoms in total. The van der Waals surface area contributed by atoms with E-state index < -0.39 is 29.9 Å². The number of carbonyl (C=O) groups excluding carboxylic acids is 1. The van der Waals surface area contributed by atoms with E-state index in [-0.39, 0.29) is 30.2 Å². The third-order valence-corrected chi connectivity index (χ3v) is 4.87. The molecule has 0 unspecified atom stereocenters. The van der Waals surface area contributed by atoms with Crippen molar-refractivity contribution in [3.8, 4) is 5.75 Å². The van der Waals surface area contributed by atoms with Crippen molar-refractivity contribution >= 4 is 11.6 Å². The second kappa shape index (κ2) is 6.48. The van der Waals surface area contributed by atoms with Crippen LogP contribution in [0, 0.1) is 5.82 Å². The Labute approximate surface area is 142 Å². The number of halogens is 4. The number of ether oxygens (including phenoxy) is 1. The summed E-state index contributed by atoms with van der Waals surface area (Å²) in [6, 6.07) is 2.34. The highest BCUT2D eigenvalue weighted by Gasteiger charge is 2.54. The molecule has 1 heterocycles. The number of anilines is 1. The van der Waals surface area contributed by atoms with Crippen LogP contribution in [-0.2, 0) is 10.2 Å². The number of nitrogens with zero attached hydrogens (tertiary/aromatic N) is 1. The lowest BCUT2D eigenvalue weighted by Crippen LogP contribution is -2.45. The van der Waals surface area contributed by atoms with Gasteiger partial charge in [-0.05, 0) is 12.8 Å². The van der Waals surface area contributed by atoms with Gasteiger partial charge in [-0.15, -0.1) is 0 Å². The van der Waals surface area contributed by atoms with Gasteiger partial charge in [-0.2, -0.15) is 13.2 Å². The summed E-state index contributed by atoms with van der Waals surface area (Å²) >= 11 is 0. The van der Waals surface area contributed by atoms with Gasteiger partial charge in [-0.1, -0.05) is 19.3 Å². The molecule has 1 fully saturated rings. The first-order chi connectivity index (χ1) is 11.8. The highest BCUT2D eigenvalue weighted by Crippen LogP contribution is 2.52. The molecule has 1 spiro atoms. The zero-order valence-corrected chi connectivity index (χ0v) is 13.5. The smallest absolute Gasteiger partial charge is 0.406 e. The van der Waals surface area contributed by atoms with Crippen LogP contribution in [0.15, 0.2) is 12.1 Å². The molecular weight excluding hydrogens is 342 g/mol. The number of alkyl halides is 3. The van der Waals surface area contributed by atoms with E-state index in [0.29, 0.717) is 30.6 Å². The fraction of sp³-hybridized carbons (Fsp3) is 0.588. The Hall–Kier alpha value is -1.83. The molecule has 138 valence electrons. The van der Waals surface area contributed by atoms with E-state index in [0.717, 1.165) is 12.5 Å². The Morgan fingerprint density at radius 3 is 2.48 bits per heavy atom. The van der Waals surface area contributed by atoms with E-state index in [9.17, 15) is 22.4 Å². The SMILES string of the molecule is O=C1N(CC(F)(F)F)c2cc(OCCO)cc(F)c2C12CCCCC2. The summed E-state index contributed by atoms with van der Waals surface area (Å²) in [7, 11) is 0. The van der Waals surface area contributed by atoms with Crippen LogP contribution >= 0.6 is 0 Å². The number of benzene rings is 1. The molecule has 1 aromatic carbocycles. The Balaban J connectivity index is 2.10. The molecule has 2 aliphatic rings. The topological polar surface area (TPSA) is 49.8 Å². The number of rotatable bonds is 4. The molecule has 1 aliphatic heterocycles. The average Bonchev–Trinajstić information content (AvgIpc) is 2.75. The molecule has 1 aromatic rings. The lowest BCUT2D eigenvalue weighted by atomic mass is 9.70. The van der Waals surface area contributed by atoms with Crippen LogP contribution in [-0.4, -0.2) is 36.9 Å². The quantitative estimate of drug-likeness (QED) is 0.837. The average molecular weight is 361 g/mol. The van der Waals surface area contributed by atoms with Crippen molar-refractivity contribution in [3.05, 3.63) is 23.5 Å². The van der Waals surface area contributed by atoms with Crippen molar-refractivity contribution in [1.82, 2.24) is 0 Å². The number of hydrogen-bond acceptors (Lipinski definition) is 3. The van der Waals surface area contributed by atoms with Crippen LogP contribution in [0.25, 0.3) is 0 Å². The van der Waals surface area contributed by atoms with Crippen molar-refractivity contribution in [2.75, 3.05) is 24.7 Å². The van der Waals surface area contributed by atoms with Gasteiger partial charge >= 0.3 is 6.18 Å². The molecule has 0 atom stereocenters. The van der Waals surface area contributed by atoms with Gasteiger partial charge in [0.1, 0.15) is 24.7 Å². The van der Waals surface area contributed by atoms with E-state index in [1.165, 1.54) is 6.07 Å². The number of fused-ring (bicyclic) bond motifs is 2. The van der Waals surface area contributed by atoms with E-state index in [4.69, 9.17) is 9.84 Å². The zero-order chi connectivity index (χ0) is 18.2. The van der Waals surface area contributed by atoms with E-state index in [1.54, 1.807) is 0 Å². The molecule has 0 radical (unpaired) electrons. The molecule has 25 heavy (non-hydrogen) atoms. The van der Waals surface area contributed by atoms with Gasteiger partial charge < -0.3 is 14.7 Å². The number of carbonyl (C=O) groups is 1. The summed E-state index contributed by atoms with van der Waals surface area (Å²) in [5.74, 6) is -1.42. The van der Waals surface area contributed by atoms with E-state index in [2.05, 4.69) is 0 Å². The van der Waals surface area contributed by atoms with Gasteiger partial charge in [0.05, 0.1) is 17.7 Å². The monoisotopic (exact) mass is 361 g/mol. The van der Waals surface area contributed by atoms with Gasteiger partial charge in [-0.25, -0.2) is 4.39 Å². The minimum atomic E-state index is -4.59. The minimum Gasteiger partial charge on any atom is -0.491 e. The Morgan fingerprint density at radius 2 is 1.88 bits per heavy atom. The van der Waals surface area contributed by atoms with E-state index in [1.807, 2.05) is 0 Å². The normalized spacial score (nSPS) is 19.4. The maximum atomic E-state index is 14.8. The maximum absolute atomic E-state index is 14.8. The molecule has 0 bridgehead atoms. The predicted octanol–water partition coefficient (Wildman–Crippen LogP) is 3.31. The Bertz CT molecular complexity index is 669. The van der Waals surface area contributed by atoms with Crippen LogP contribution in [0.1, 0.15) is 37.7 Å². The van der Waals surface area contributed by atoms with Gasteiger partial charge in [0.15, 0.2) is 0 Å². The van der Waals surface area contributed by atoms with Gasteiger partial charge in [0.2, 0.25) is 5.91 Å². The van der Waals surface area contributed by atoms with Crippen LogP contribution in [0.5, 0.6) is 5.75 Å². The van der Waals surface area contributed by atoms with E-state index >= 15 is 0 Å². The minimum absolute atomic E-state index is 0.00173. The van der Waals surface area contributed by atoms with Crippen molar-refractivity contribution < 1.29 is 32.2 Å². The highest BCUT2D eigenvalue weighted by molar-refractivity contribution is 6.08. The molecule has 0 saturated heterocycles. The van der Waals surface area contributed by atoms with Crippen LogP contribution in [0.3, 0.4) is 0 Å². The largest absolute Gasteiger partial charge is 0.491 e. The molecule has 0 aromatic heterocycles.